The van der Waals surface area contributed by atoms with Crippen LogP contribution in [0.1, 0.15) is 22.5 Å². The third kappa shape index (κ3) is 2.93. The lowest BCUT2D eigenvalue weighted by Crippen LogP contribution is -2.07. The summed E-state index contributed by atoms with van der Waals surface area (Å²) in [4.78, 5) is 0. The number of benzene rings is 1. The topological polar surface area (TPSA) is 34.4 Å². The second-order valence-electron chi connectivity index (χ2n) is 4.46. The summed E-state index contributed by atoms with van der Waals surface area (Å²) in [6, 6.07) is 8.19. The van der Waals surface area contributed by atoms with Crippen LogP contribution in [0.15, 0.2) is 34.9 Å². The maximum absolute atomic E-state index is 5.86. The molecule has 0 radical (unpaired) electrons. The van der Waals surface area contributed by atoms with Gasteiger partial charge in [-0.05, 0) is 44.2 Å². The van der Waals surface area contributed by atoms with Gasteiger partial charge in [-0.15, -0.1) is 0 Å². The van der Waals surface area contributed by atoms with Gasteiger partial charge in [0.25, 0.3) is 0 Å². The zero-order valence-corrected chi connectivity index (χ0v) is 11.1. The van der Waals surface area contributed by atoms with E-state index < -0.39 is 0 Å². The van der Waals surface area contributed by atoms with E-state index in [4.69, 9.17) is 9.15 Å². The summed E-state index contributed by atoms with van der Waals surface area (Å²) in [5.41, 5.74) is 3.45. The summed E-state index contributed by atoms with van der Waals surface area (Å²) in [5, 5.41) is 3.08. The van der Waals surface area contributed by atoms with Gasteiger partial charge in [-0.25, -0.2) is 0 Å². The van der Waals surface area contributed by atoms with Crippen molar-refractivity contribution in [1.82, 2.24) is 5.32 Å². The first-order valence-electron chi connectivity index (χ1n) is 6.10. The quantitative estimate of drug-likeness (QED) is 0.878. The normalized spacial score (nSPS) is 10.6. The lowest BCUT2D eigenvalue weighted by atomic mass is 10.1. The number of aryl methyl sites for hydroxylation is 2. The van der Waals surface area contributed by atoms with Crippen molar-refractivity contribution in [3.8, 4) is 5.75 Å². The van der Waals surface area contributed by atoms with Crippen LogP contribution < -0.4 is 10.1 Å². The van der Waals surface area contributed by atoms with Crippen LogP contribution in [0.5, 0.6) is 5.75 Å². The van der Waals surface area contributed by atoms with Gasteiger partial charge in [0.2, 0.25) is 0 Å². The molecule has 2 rings (SSSR count). The van der Waals surface area contributed by atoms with Gasteiger partial charge in [0, 0.05) is 5.56 Å². The summed E-state index contributed by atoms with van der Waals surface area (Å²) in [5.74, 6) is 1.87. The van der Waals surface area contributed by atoms with Crippen LogP contribution in [0.3, 0.4) is 0 Å². The Morgan fingerprint density at radius 3 is 2.83 bits per heavy atom. The van der Waals surface area contributed by atoms with Crippen LogP contribution in [-0.4, -0.2) is 7.05 Å². The molecule has 2 aromatic rings. The first kappa shape index (κ1) is 12.7. The molecule has 96 valence electrons. The molecule has 18 heavy (non-hydrogen) atoms. The summed E-state index contributed by atoms with van der Waals surface area (Å²) in [7, 11) is 1.90. The number of hydrogen-bond donors (Lipinski definition) is 1. The van der Waals surface area contributed by atoms with Crippen molar-refractivity contribution in [3.05, 3.63) is 53.0 Å². The maximum Gasteiger partial charge on any atom is 0.124 e. The van der Waals surface area contributed by atoms with Gasteiger partial charge in [0.05, 0.1) is 12.8 Å². The molecule has 0 atom stereocenters. The summed E-state index contributed by atoms with van der Waals surface area (Å²) < 4.78 is 11.3. The molecule has 0 aliphatic carbocycles. The third-order valence-corrected chi connectivity index (χ3v) is 2.90. The third-order valence-electron chi connectivity index (χ3n) is 2.90. The molecule has 0 unspecified atom stereocenters. The maximum atomic E-state index is 5.86. The number of furan rings is 1. The van der Waals surface area contributed by atoms with Crippen molar-refractivity contribution in [2.45, 2.75) is 27.0 Å². The largest absolute Gasteiger partial charge is 0.488 e. The van der Waals surface area contributed by atoms with Crippen molar-refractivity contribution in [2.24, 2.45) is 0 Å². The predicted octanol–water partition coefficient (Wildman–Crippen LogP) is 3.19. The van der Waals surface area contributed by atoms with Crippen LogP contribution in [0.4, 0.5) is 0 Å². The zero-order valence-electron chi connectivity index (χ0n) is 11.1. The minimum absolute atomic E-state index is 0.539. The van der Waals surface area contributed by atoms with E-state index in [9.17, 15) is 0 Å². The van der Waals surface area contributed by atoms with Crippen molar-refractivity contribution in [3.63, 3.8) is 0 Å². The molecule has 0 aliphatic heterocycles. The Morgan fingerprint density at radius 2 is 2.06 bits per heavy atom. The molecule has 1 aromatic heterocycles. The second kappa shape index (κ2) is 5.74. The van der Waals surface area contributed by atoms with E-state index in [1.54, 1.807) is 6.26 Å². The standard InChI is InChI=1S/C15H19NO2/c1-11-4-5-12(2)14(8-11)18-10-13-6-7-17-15(13)9-16-3/h4-8,16H,9-10H2,1-3H3. The van der Waals surface area contributed by atoms with Crippen molar-refractivity contribution < 1.29 is 9.15 Å². The highest BCUT2D eigenvalue weighted by atomic mass is 16.5. The average molecular weight is 245 g/mol. The van der Waals surface area contributed by atoms with Crippen molar-refractivity contribution >= 4 is 0 Å². The number of hydrogen-bond acceptors (Lipinski definition) is 3. The van der Waals surface area contributed by atoms with Crippen LogP contribution in [0.2, 0.25) is 0 Å². The van der Waals surface area contributed by atoms with Gasteiger partial charge in [-0.2, -0.15) is 0 Å². The SMILES string of the molecule is CNCc1occc1COc1cc(C)ccc1C. The smallest absolute Gasteiger partial charge is 0.124 e. The fourth-order valence-electron chi connectivity index (χ4n) is 1.83. The highest BCUT2D eigenvalue weighted by Crippen LogP contribution is 2.21. The van der Waals surface area contributed by atoms with E-state index in [1.807, 2.05) is 13.1 Å². The van der Waals surface area contributed by atoms with Crippen LogP contribution in [0, 0.1) is 13.8 Å². The van der Waals surface area contributed by atoms with Gasteiger partial charge in [0.15, 0.2) is 0 Å². The Hall–Kier alpha value is -1.74. The summed E-state index contributed by atoms with van der Waals surface area (Å²) in [6.07, 6.45) is 1.70. The lowest BCUT2D eigenvalue weighted by molar-refractivity contribution is 0.299. The van der Waals surface area contributed by atoms with Crippen LogP contribution in [0.25, 0.3) is 0 Å². The fourth-order valence-corrected chi connectivity index (χ4v) is 1.83. The highest BCUT2D eigenvalue weighted by molar-refractivity contribution is 5.36. The highest BCUT2D eigenvalue weighted by Gasteiger charge is 2.07. The average Bonchev–Trinajstić information content (AvgIpc) is 2.78. The van der Waals surface area contributed by atoms with Gasteiger partial charge < -0.3 is 14.5 Å². The molecular formula is C15H19NO2. The van der Waals surface area contributed by atoms with E-state index in [0.29, 0.717) is 6.61 Å². The minimum atomic E-state index is 0.539. The molecule has 1 heterocycles. The number of rotatable bonds is 5. The Labute approximate surface area is 108 Å². The van der Waals surface area contributed by atoms with Gasteiger partial charge in [-0.3, -0.25) is 0 Å². The second-order valence-corrected chi connectivity index (χ2v) is 4.46. The zero-order chi connectivity index (χ0) is 13.0. The Morgan fingerprint density at radius 1 is 1.22 bits per heavy atom. The minimum Gasteiger partial charge on any atom is -0.488 e. The molecule has 0 aliphatic rings. The predicted molar refractivity (Wildman–Crippen MR) is 71.7 cm³/mol. The van der Waals surface area contributed by atoms with E-state index >= 15 is 0 Å². The molecular weight excluding hydrogens is 226 g/mol. The monoisotopic (exact) mass is 245 g/mol. The fraction of sp³-hybridized carbons (Fsp3) is 0.333. The first-order valence-corrected chi connectivity index (χ1v) is 6.10. The molecule has 0 saturated heterocycles. The molecule has 1 N–H and O–H groups in total. The molecule has 0 saturated carbocycles. The molecule has 3 nitrogen and oxygen atoms in total. The molecule has 1 aromatic carbocycles. The van der Waals surface area contributed by atoms with Gasteiger partial charge >= 0.3 is 0 Å². The Kier molecular flexibility index (Phi) is 4.05. The first-order chi connectivity index (χ1) is 8.70. The van der Waals surface area contributed by atoms with Crippen LogP contribution >= 0.6 is 0 Å². The lowest BCUT2D eigenvalue weighted by Gasteiger charge is -2.10. The number of nitrogens with one attached hydrogen (secondary N) is 1. The molecule has 0 amide bonds. The Balaban J connectivity index is 2.06. The summed E-state index contributed by atoms with van der Waals surface area (Å²) >= 11 is 0. The van der Waals surface area contributed by atoms with Crippen LogP contribution in [-0.2, 0) is 13.2 Å². The molecule has 0 fully saturated rings. The van der Waals surface area contributed by atoms with Gasteiger partial charge in [-0.1, -0.05) is 12.1 Å². The summed E-state index contributed by atoms with van der Waals surface area (Å²) in [6.45, 7) is 5.38. The van der Waals surface area contributed by atoms with E-state index in [-0.39, 0.29) is 0 Å². The van der Waals surface area contributed by atoms with Crippen molar-refractivity contribution in [1.29, 1.82) is 0 Å². The van der Waals surface area contributed by atoms with E-state index in [2.05, 4.69) is 37.4 Å². The molecule has 0 spiro atoms. The van der Waals surface area contributed by atoms with E-state index in [1.165, 1.54) is 5.56 Å². The van der Waals surface area contributed by atoms with E-state index in [0.717, 1.165) is 29.2 Å². The Bertz CT molecular complexity index is 517. The van der Waals surface area contributed by atoms with Gasteiger partial charge in [0.1, 0.15) is 18.1 Å². The van der Waals surface area contributed by atoms with Crippen molar-refractivity contribution in [2.75, 3.05) is 7.05 Å². The number of ether oxygens (including phenoxy) is 1. The molecule has 0 bridgehead atoms. The molecule has 3 heteroatoms.